The van der Waals surface area contributed by atoms with E-state index in [0.29, 0.717) is 17.8 Å². The fourth-order valence-corrected chi connectivity index (χ4v) is 5.42. The molecule has 1 aromatic carbocycles. The number of nitrogens with zero attached hydrogens (tertiary/aromatic N) is 3. The van der Waals surface area contributed by atoms with Gasteiger partial charge in [0.15, 0.2) is 0 Å². The average Bonchev–Trinajstić information content (AvgIpc) is 3.17. The van der Waals surface area contributed by atoms with E-state index in [-0.39, 0.29) is 23.4 Å². The molecule has 0 saturated heterocycles. The molecule has 4 rings (SSSR count). The molecule has 3 heterocycles. The summed E-state index contributed by atoms with van der Waals surface area (Å²) < 4.78 is 15.4. The number of aliphatic hydroxyl groups excluding tert-OH is 1. The number of rotatable bonds is 8. The molecule has 35 heavy (non-hydrogen) atoms. The zero-order valence-corrected chi connectivity index (χ0v) is 20.6. The summed E-state index contributed by atoms with van der Waals surface area (Å²) in [4.78, 5) is 33.1. The second kappa shape index (κ2) is 10.5. The number of nitrogens with one attached hydrogen (secondary N) is 1. The minimum absolute atomic E-state index is 0.0651. The van der Waals surface area contributed by atoms with Gasteiger partial charge in [-0.1, -0.05) is 18.2 Å². The van der Waals surface area contributed by atoms with Gasteiger partial charge >= 0.3 is 0 Å². The SMILES string of the molecule is Cc1c(CN(C)C[C@H](O)c2cccnc2)sc2c(=O)c(C(=O)NCc3ccc(F)cc3)cn(C)c12. The number of halogens is 1. The summed E-state index contributed by atoms with van der Waals surface area (Å²) >= 11 is 1.37. The smallest absolute Gasteiger partial charge is 0.257 e. The standard InChI is InChI=1S/C26H27FN4O3S/c1-16-22(15-30(2)14-21(32)18-5-4-10-28-12-18)35-25-23(16)31(3)13-20(24(25)33)26(34)29-11-17-6-8-19(27)9-7-17/h4-10,12-13,21,32H,11,14-15H2,1-3H3,(H,29,34)/t21-/m0/s1. The third-order valence-corrected chi connectivity index (χ3v) is 7.18. The average molecular weight is 495 g/mol. The van der Waals surface area contributed by atoms with Crippen LogP contribution in [0.1, 0.15) is 38.0 Å². The Bertz CT molecular complexity index is 1400. The first kappa shape index (κ1) is 24.7. The maximum Gasteiger partial charge on any atom is 0.257 e. The third kappa shape index (κ3) is 5.48. The number of carbonyl (C=O) groups excluding carboxylic acids is 1. The van der Waals surface area contributed by atoms with E-state index in [2.05, 4.69) is 10.3 Å². The number of likely N-dealkylation sites (N-methyl/N-ethyl adjacent to an activating group) is 1. The largest absolute Gasteiger partial charge is 0.387 e. The lowest BCUT2D eigenvalue weighted by Gasteiger charge is -2.20. The maximum absolute atomic E-state index is 13.2. The molecule has 3 aromatic heterocycles. The van der Waals surface area contributed by atoms with E-state index < -0.39 is 12.0 Å². The van der Waals surface area contributed by atoms with Gasteiger partial charge in [-0.2, -0.15) is 0 Å². The zero-order chi connectivity index (χ0) is 25.1. The topological polar surface area (TPSA) is 87.5 Å². The number of amides is 1. The van der Waals surface area contributed by atoms with Gasteiger partial charge < -0.3 is 15.0 Å². The third-order valence-electron chi connectivity index (χ3n) is 5.92. The molecule has 9 heteroatoms. The number of hydrogen-bond donors (Lipinski definition) is 2. The van der Waals surface area contributed by atoms with E-state index in [1.165, 1.54) is 23.5 Å². The fraction of sp³-hybridized carbons (Fsp3) is 0.269. The first-order chi connectivity index (χ1) is 16.7. The van der Waals surface area contributed by atoms with Crippen molar-refractivity contribution in [2.75, 3.05) is 13.6 Å². The Labute approximate surface area is 206 Å². The summed E-state index contributed by atoms with van der Waals surface area (Å²) in [6.45, 7) is 3.12. The van der Waals surface area contributed by atoms with Crippen LogP contribution in [0.2, 0.25) is 0 Å². The molecule has 1 atom stereocenters. The van der Waals surface area contributed by atoms with Gasteiger partial charge in [0.25, 0.3) is 5.91 Å². The number of carbonyl (C=O) groups is 1. The Kier molecular flexibility index (Phi) is 7.39. The van der Waals surface area contributed by atoms with Gasteiger partial charge in [0.2, 0.25) is 5.43 Å². The molecular formula is C26H27FN4O3S. The molecule has 1 amide bonds. The molecular weight excluding hydrogens is 467 g/mol. The second-order valence-electron chi connectivity index (χ2n) is 8.62. The van der Waals surface area contributed by atoms with Crippen molar-refractivity contribution in [3.63, 3.8) is 0 Å². The molecule has 0 spiro atoms. The number of thiophene rings is 1. The Hall–Kier alpha value is -3.40. The number of benzene rings is 1. The van der Waals surface area contributed by atoms with E-state index in [1.54, 1.807) is 36.8 Å². The molecule has 0 saturated carbocycles. The van der Waals surface area contributed by atoms with Crippen molar-refractivity contribution in [3.8, 4) is 0 Å². The molecule has 0 aliphatic carbocycles. The molecule has 0 aliphatic rings. The number of aliphatic hydroxyl groups is 1. The molecule has 182 valence electrons. The van der Waals surface area contributed by atoms with Crippen LogP contribution >= 0.6 is 11.3 Å². The Morgan fingerprint density at radius 1 is 1.29 bits per heavy atom. The van der Waals surface area contributed by atoms with Gasteiger partial charge in [0, 0.05) is 55.7 Å². The van der Waals surface area contributed by atoms with Crippen molar-refractivity contribution in [1.29, 1.82) is 0 Å². The summed E-state index contributed by atoms with van der Waals surface area (Å²) in [5.74, 6) is -0.818. The zero-order valence-electron chi connectivity index (χ0n) is 19.8. The molecule has 0 aliphatic heterocycles. The van der Waals surface area contributed by atoms with Crippen LogP contribution in [0.4, 0.5) is 4.39 Å². The van der Waals surface area contributed by atoms with E-state index in [1.807, 2.05) is 36.6 Å². The molecule has 2 N–H and O–H groups in total. The number of hydrogen-bond acceptors (Lipinski definition) is 6. The van der Waals surface area contributed by atoms with Crippen molar-refractivity contribution >= 4 is 27.5 Å². The van der Waals surface area contributed by atoms with Crippen LogP contribution in [0, 0.1) is 12.7 Å². The summed E-state index contributed by atoms with van der Waals surface area (Å²) in [7, 11) is 3.73. The van der Waals surface area contributed by atoms with Crippen LogP contribution in [0.5, 0.6) is 0 Å². The lowest BCUT2D eigenvalue weighted by molar-refractivity contribution is 0.0949. The van der Waals surface area contributed by atoms with Crippen LogP contribution in [-0.2, 0) is 20.1 Å². The van der Waals surface area contributed by atoms with Crippen LogP contribution in [0.25, 0.3) is 10.2 Å². The van der Waals surface area contributed by atoms with Gasteiger partial charge in [-0.05, 0) is 43.3 Å². The molecule has 0 radical (unpaired) electrons. The number of fused-ring (bicyclic) bond motifs is 1. The molecule has 0 unspecified atom stereocenters. The minimum atomic E-state index is -0.675. The van der Waals surface area contributed by atoms with Crippen molar-refractivity contribution < 1.29 is 14.3 Å². The highest BCUT2D eigenvalue weighted by atomic mass is 32.1. The lowest BCUT2D eigenvalue weighted by atomic mass is 10.1. The number of aromatic nitrogens is 2. The van der Waals surface area contributed by atoms with Gasteiger partial charge in [-0.25, -0.2) is 4.39 Å². The highest BCUT2D eigenvalue weighted by Crippen LogP contribution is 2.30. The van der Waals surface area contributed by atoms with Crippen LogP contribution in [-0.4, -0.2) is 39.1 Å². The number of aryl methyl sites for hydroxylation is 2. The summed E-state index contributed by atoms with van der Waals surface area (Å²) in [6.07, 6.45) is 4.20. The van der Waals surface area contributed by atoms with Gasteiger partial charge in [0.1, 0.15) is 11.4 Å². The van der Waals surface area contributed by atoms with E-state index in [9.17, 15) is 19.1 Å². The van der Waals surface area contributed by atoms with Gasteiger partial charge in [0.05, 0.1) is 16.3 Å². The minimum Gasteiger partial charge on any atom is -0.387 e. The molecule has 7 nitrogen and oxygen atoms in total. The second-order valence-corrected chi connectivity index (χ2v) is 9.72. The first-order valence-electron chi connectivity index (χ1n) is 11.2. The highest BCUT2D eigenvalue weighted by molar-refractivity contribution is 7.19. The number of pyridine rings is 2. The van der Waals surface area contributed by atoms with Gasteiger partial charge in [-0.3, -0.25) is 19.5 Å². The van der Waals surface area contributed by atoms with Crippen molar-refractivity contribution in [1.82, 2.24) is 19.8 Å². The van der Waals surface area contributed by atoms with Crippen LogP contribution in [0.3, 0.4) is 0 Å². The van der Waals surface area contributed by atoms with Crippen molar-refractivity contribution in [2.45, 2.75) is 26.1 Å². The normalized spacial score (nSPS) is 12.3. The predicted octanol–water partition coefficient (Wildman–Crippen LogP) is 3.54. The Balaban J connectivity index is 1.53. The fourth-order valence-electron chi connectivity index (χ4n) is 4.04. The first-order valence-corrected chi connectivity index (χ1v) is 12.0. The highest BCUT2D eigenvalue weighted by Gasteiger charge is 2.21. The molecule has 4 aromatic rings. The summed E-state index contributed by atoms with van der Waals surface area (Å²) in [5, 5.41) is 13.3. The maximum atomic E-state index is 13.2. The van der Waals surface area contributed by atoms with Crippen molar-refractivity contribution in [2.24, 2.45) is 7.05 Å². The Morgan fingerprint density at radius 2 is 2.03 bits per heavy atom. The predicted molar refractivity (Wildman–Crippen MR) is 135 cm³/mol. The van der Waals surface area contributed by atoms with Crippen LogP contribution < -0.4 is 10.7 Å². The molecule has 0 fully saturated rings. The quantitative estimate of drug-likeness (QED) is 0.391. The monoisotopic (exact) mass is 494 g/mol. The van der Waals surface area contributed by atoms with E-state index in [0.717, 1.165) is 27.1 Å². The van der Waals surface area contributed by atoms with Crippen LogP contribution in [0.15, 0.2) is 59.8 Å². The summed E-state index contributed by atoms with van der Waals surface area (Å²) in [6, 6.07) is 9.46. The molecule has 0 bridgehead atoms. The lowest BCUT2D eigenvalue weighted by Crippen LogP contribution is -2.29. The van der Waals surface area contributed by atoms with E-state index in [4.69, 9.17) is 0 Å². The summed E-state index contributed by atoms with van der Waals surface area (Å²) in [5.41, 5.74) is 3.01. The van der Waals surface area contributed by atoms with Crippen molar-refractivity contribution in [3.05, 3.63) is 98.2 Å². The van der Waals surface area contributed by atoms with Gasteiger partial charge in [-0.15, -0.1) is 11.3 Å². The Morgan fingerprint density at radius 3 is 2.71 bits per heavy atom. The van der Waals surface area contributed by atoms with E-state index >= 15 is 0 Å².